The monoisotopic (exact) mass is 1170 g/mol. The average molecular weight is 1170 g/mol. The maximum atomic E-state index is 14.4. The van der Waals surface area contributed by atoms with Gasteiger partial charge in [0, 0.05) is 78.8 Å². The van der Waals surface area contributed by atoms with Gasteiger partial charge in [-0.3, -0.25) is 9.59 Å². The summed E-state index contributed by atoms with van der Waals surface area (Å²) in [7, 11) is 5.88. The van der Waals surface area contributed by atoms with Gasteiger partial charge in [-0.15, -0.1) is 0 Å². The zero-order valence-electron chi connectivity index (χ0n) is 51.2. The molecule has 82 heavy (non-hydrogen) atoms. The van der Waals surface area contributed by atoms with Gasteiger partial charge in [-0.05, 0) is 86.1 Å². The second-order valence-corrected chi connectivity index (χ2v) is 24.0. The number of hydrogen-bond acceptors (Lipinski definition) is 21. The number of allylic oxidation sites excluding steroid dienone is 8. The van der Waals surface area contributed by atoms with Crippen molar-refractivity contribution in [3.63, 3.8) is 0 Å². The van der Waals surface area contributed by atoms with Crippen LogP contribution in [0.1, 0.15) is 128 Å². The lowest BCUT2D eigenvalue weighted by atomic mass is 9.73. The smallest absolute Gasteiger partial charge is 0.303 e. The Morgan fingerprint density at radius 3 is 2.07 bits per heavy atom. The predicted molar refractivity (Wildman–Crippen MR) is 300 cm³/mol. The topological polar surface area (TPSA) is 287 Å². The zero-order chi connectivity index (χ0) is 61.1. The van der Waals surface area contributed by atoms with E-state index in [2.05, 4.69) is 0 Å². The first-order valence-corrected chi connectivity index (χ1v) is 29.1. The SMILES string of the molecule is COC[C@@H](CC1O[C@@](O)([C@H](O)C2CC(=O)/C(C)=C/C(C)=C/C(C)=C/[C@@H](C)[C@H](O[C@@H]3O[C@@H](C)[C@H](OC)[C@@H](OC(C)=O)[C@@H]3O)/C=C/C(C)=C/CC[C@H](O)[C@@H](OC)C2)[C@H](C)[C@@H](O)[C@H]1C)O[C@H]1C[C@](C)(O)[C@@H](O[C@H]2C[C@@H](OC)[C@H](O)[C@@H](C)O2)[C@H](C)O1. The third-order valence-electron chi connectivity index (χ3n) is 17.1. The third kappa shape index (κ3) is 18.1. The van der Waals surface area contributed by atoms with Gasteiger partial charge in [0.2, 0.25) is 0 Å². The summed E-state index contributed by atoms with van der Waals surface area (Å²) in [5.41, 5.74) is 1.30. The van der Waals surface area contributed by atoms with Crippen LogP contribution >= 0.6 is 0 Å². The number of methoxy groups -OCH3 is 4. The maximum Gasteiger partial charge on any atom is 0.303 e. The lowest BCUT2D eigenvalue weighted by molar-refractivity contribution is -0.363. The molecule has 0 bridgehead atoms. The van der Waals surface area contributed by atoms with E-state index < -0.39 is 152 Å². The molecule has 4 saturated heterocycles. The first-order chi connectivity index (χ1) is 38.5. The number of esters is 1. The fourth-order valence-corrected chi connectivity index (χ4v) is 12.3. The molecule has 0 aromatic heterocycles. The van der Waals surface area contributed by atoms with E-state index in [4.69, 9.17) is 56.8 Å². The highest BCUT2D eigenvalue weighted by Crippen LogP contribution is 2.44. The zero-order valence-corrected chi connectivity index (χ0v) is 51.2. The fourth-order valence-electron chi connectivity index (χ4n) is 12.3. The Bertz CT molecular complexity index is 2200. The van der Waals surface area contributed by atoms with Crippen molar-refractivity contribution in [3.05, 3.63) is 58.7 Å². The standard InChI is InChI=1S/C61H100O21/c1-31-18-17-19-44(63)48(72-14)26-42(25-45(64)34(4)23-32(2)22-33(3)24-35(5)46(21-20-31)80-59-54(67)56(78-41(11)62)55(74-16)39(9)77-59)57(68)61(70)37(7)52(65)36(6)47(82-61)27-43(30-71-13)79-51-29-60(12,69)58(40(10)76-51)81-50-28-49(73-15)53(66)38(8)75-50/h18,20-24,35-40,42-44,46-59,63,65-70H,17,19,25-30H2,1-16H3/b21-20+,31-18+,32-22+,33-24+,34-23+/t35-,36+,37-,38-,39+,40+,42?,43-,44+,46-,47?,48+,49-,50+,51+,52+,53-,54+,55+,56+,57-,58+,59+,60+,61-/m1/s1. The van der Waals surface area contributed by atoms with Crippen LogP contribution in [-0.2, 0) is 66.4 Å². The number of ether oxygens (including phenoxy) is 12. The summed E-state index contributed by atoms with van der Waals surface area (Å²) >= 11 is 0. The number of Topliss-reactive ketones (excluding diaryl/α,β-unsaturated/α-hetero) is 1. The number of aliphatic hydroxyl groups excluding tert-OH is 5. The molecule has 7 N–H and O–H groups in total. The molecule has 25 atom stereocenters. The van der Waals surface area contributed by atoms with Crippen LogP contribution in [0.3, 0.4) is 0 Å². The summed E-state index contributed by atoms with van der Waals surface area (Å²) in [6.45, 7) is 20.8. The van der Waals surface area contributed by atoms with Crippen molar-refractivity contribution in [2.45, 2.75) is 256 Å². The minimum atomic E-state index is -2.42. The van der Waals surface area contributed by atoms with Gasteiger partial charge in [-0.2, -0.15) is 0 Å². The number of carbonyl (C=O) groups excluding carboxylic acids is 2. The van der Waals surface area contributed by atoms with E-state index in [1.54, 1.807) is 54.5 Å². The van der Waals surface area contributed by atoms with Gasteiger partial charge in [0.1, 0.15) is 30.5 Å². The van der Waals surface area contributed by atoms with Gasteiger partial charge in [0.15, 0.2) is 36.5 Å². The third-order valence-corrected chi connectivity index (χ3v) is 17.1. The first-order valence-electron chi connectivity index (χ1n) is 29.1. The van der Waals surface area contributed by atoms with Crippen molar-refractivity contribution in [1.29, 1.82) is 0 Å². The van der Waals surface area contributed by atoms with E-state index >= 15 is 0 Å². The number of hydrogen-bond donors (Lipinski definition) is 7. The van der Waals surface area contributed by atoms with E-state index in [-0.39, 0.29) is 56.8 Å². The molecule has 0 spiro atoms. The van der Waals surface area contributed by atoms with Gasteiger partial charge < -0.3 is 92.6 Å². The normalized spacial score (nSPS) is 45.4. The molecule has 470 valence electrons. The summed E-state index contributed by atoms with van der Waals surface area (Å²) in [6.07, 6.45) is -5.71. The van der Waals surface area contributed by atoms with Crippen molar-refractivity contribution in [2.24, 2.45) is 23.7 Å². The Balaban J connectivity index is 1.38. The summed E-state index contributed by atoms with van der Waals surface area (Å²) in [4.78, 5) is 26.5. The summed E-state index contributed by atoms with van der Waals surface area (Å²) in [6, 6.07) is 0. The molecule has 2 unspecified atom stereocenters. The Kier molecular flexibility index (Phi) is 26.6. The second-order valence-electron chi connectivity index (χ2n) is 24.0. The Labute approximate surface area is 485 Å². The van der Waals surface area contributed by atoms with Crippen molar-refractivity contribution < 1.29 is 102 Å². The fraction of sp³-hybridized carbons (Fsp3) is 0.803. The van der Waals surface area contributed by atoms with Crippen molar-refractivity contribution in [1.82, 2.24) is 0 Å². The van der Waals surface area contributed by atoms with Gasteiger partial charge in [-0.1, -0.05) is 73.9 Å². The van der Waals surface area contributed by atoms with E-state index in [9.17, 15) is 45.3 Å². The summed E-state index contributed by atoms with van der Waals surface area (Å²) in [5, 5.41) is 82.7. The van der Waals surface area contributed by atoms with Crippen LogP contribution in [0.4, 0.5) is 0 Å². The Morgan fingerprint density at radius 1 is 0.780 bits per heavy atom. The minimum absolute atomic E-state index is 0.0183. The Morgan fingerprint density at radius 2 is 1.45 bits per heavy atom. The molecule has 4 fully saturated rings. The quantitative estimate of drug-likeness (QED) is 0.102. The molecule has 5 rings (SSSR count). The molecule has 0 aromatic rings. The van der Waals surface area contributed by atoms with Crippen molar-refractivity contribution in [2.75, 3.05) is 35.0 Å². The van der Waals surface area contributed by atoms with Crippen LogP contribution in [0.25, 0.3) is 0 Å². The molecule has 5 aliphatic rings. The van der Waals surface area contributed by atoms with Crippen LogP contribution in [0, 0.1) is 23.7 Å². The molecule has 21 nitrogen and oxygen atoms in total. The highest BCUT2D eigenvalue weighted by atomic mass is 16.7. The lowest BCUT2D eigenvalue weighted by Crippen LogP contribution is -2.64. The molecular formula is C61H100O21. The highest BCUT2D eigenvalue weighted by molar-refractivity contribution is 5.95. The predicted octanol–water partition coefficient (Wildman–Crippen LogP) is 4.82. The first kappa shape index (κ1) is 69.9. The molecule has 0 saturated carbocycles. The summed E-state index contributed by atoms with van der Waals surface area (Å²) < 4.78 is 72.2. The van der Waals surface area contributed by atoms with Gasteiger partial charge in [0.05, 0.1) is 73.2 Å². The van der Waals surface area contributed by atoms with E-state index in [1.165, 1.54) is 35.4 Å². The van der Waals surface area contributed by atoms with E-state index in [0.29, 0.717) is 12.0 Å². The molecule has 0 radical (unpaired) electrons. The largest absolute Gasteiger partial charge is 0.457 e. The lowest BCUT2D eigenvalue weighted by Gasteiger charge is -2.52. The number of ketones is 1. The van der Waals surface area contributed by atoms with Crippen LogP contribution in [-0.4, -0.2) is 210 Å². The molecule has 0 aromatic carbocycles. The number of aliphatic hydroxyl groups is 7. The second kappa shape index (κ2) is 31.2. The average Bonchev–Trinajstić information content (AvgIpc) is 2.98. The van der Waals surface area contributed by atoms with Crippen LogP contribution < -0.4 is 0 Å². The van der Waals surface area contributed by atoms with Crippen LogP contribution in [0.2, 0.25) is 0 Å². The molecule has 4 aliphatic heterocycles. The van der Waals surface area contributed by atoms with Gasteiger partial charge in [-0.25, -0.2) is 0 Å². The number of rotatable bonds is 16. The van der Waals surface area contributed by atoms with Crippen molar-refractivity contribution >= 4 is 11.8 Å². The number of carbonyl (C=O) groups is 2. The van der Waals surface area contributed by atoms with Crippen molar-refractivity contribution in [3.8, 4) is 0 Å². The highest BCUT2D eigenvalue weighted by Gasteiger charge is 2.57. The molecular weight excluding hydrogens is 1070 g/mol. The molecule has 21 heteroatoms. The van der Waals surface area contributed by atoms with E-state index in [0.717, 1.165) is 16.7 Å². The van der Waals surface area contributed by atoms with Gasteiger partial charge >= 0.3 is 5.97 Å². The van der Waals surface area contributed by atoms with Crippen LogP contribution in [0.5, 0.6) is 0 Å². The molecule has 0 amide bonds. The van der Waals surface area contributed by atoms with Crippen LogP contribution in [0.15, 0.2) is 58.7 Å². The summed E-state index contributed by atoms with van der Waals surface area (Å²) in [5.74, 6) is -6.39. The van der Waals surface area contributed by atoms with Gasteiger partial charge in [0.25, 0.3) is 0 Å². The maximum absolute atomic E-state index is 14.4. The van der Waals surface area contributed by atoms with E-state index in [1.807, 2.05) is 58.1 Å². The minimum Gasteiger partial charge on any atom is -0.457 e. The Hall–Kier alpha value is -2.88. The molecule has 1 aliphatic carbocycles. The molecule has 4 heterocycles.